The van der Waals surface area contributed by atoms with Crippen molar-refractivity contribution in [3.8, 4) is 12.1 Å². The fourth-order valence-corrected chi connectivity index (χ4v) is 5.27. The van der Waals surface area contributed by atoms with E-state index in [-0.39, 0.29) is 29.4 Å². The molecule has 0 spiro atoms. The van der Waals surface area contributed by atoms with Gasteiger partial charge >= 0.3 is 5.97 Å². The maximum absolute atomic E-state index is 13.1. The van der Waals surface area contributed by atoms with Crippen molar-refractivity contribution in [2.45, 2.75) is 30.8 Å². The number of esters is 1. The van der Waals surface area contributed by atoms with Crippen molar-refractivity contribution in [2.24, 2.45) is 5.73 Å². The SMILES string of the molecule is CCOC(=O)C1=C(CSc2nc3c(cc2C#N)C[NH+](C)CC3)OC(N)=C(C#N)[C@@H]1c1ccccc1. The molecule has 3 N–H and O–H groups in total. The summed E-state index contributed by atoms with van der Waals surface area (Å²) in [6, 6.07) is 15.5. The Hall–Kier alpha value is -3.79. The van der Waals surface area contributed by atoms with Crippen LogP contribution in [-0.2, 0) is 27.2 Å². The van der Waals surface area contributed by atoms with Crippen LogP contribution in [-0.4, -0.2) is 36.9 Å². The van der Waals surface area contributed by atoms with E-state index in [9.17, 15) is 15.3 Å². The molecule has 0 saturated heterocycles. The van der Waals surface area contributed by atoms with Crippen molar-refractivity contribution in [3.63, 3.8) is 0 Å². The summed E-state index contributed by atoms with van der Waals surface area (Å²) in [5, 5.41) is 20.1. The van der Waals surface area contributed by atoms with Crippen LogP contribution in [0.15, 0.2) is 64.2 Å². The fourth-order valence-electron chi connectivity index (χ4n) is 4.35. The number of nitriles is 2. The standard InChI is InChI=1S/C26H25N5O3S/c1-3-33-26(32)23-21(34-24(29)19(13-28)22(23)16-7-5-4-6-8-16)15-35-25-17(12-27)11-18-14-31(2)10-9-20(18)30-25/h4-8,11,22H,3,9-10,14-15,29H2,1-2H3/p+1/t22-/m0/s1. The highest BCUT2D eigenvalue weighted by Crippen LogP contribution is 2.41. The van der Waals surface area contributed by atoms with Gasteiger partial charge in [-0.3, -0.25) is 0 Å². The largest absolute Gasteiger partial charge is 0.463 e. The van der Waals surface area contributed by atoms with Gasteiger partial charge in [-0.2, -0.15) is 10.5 Å². The van der Waals surface area contributed by atoms with E-state index in [2.05, 4.69) is 19.2 Å². The summed E-state index contributed by atoms with van der Waals surface area (Å²) in [4.78, 5) is 19.3. The Morgan fingerprint density at radius 3 is 2.77 bits per heavy atom. The summed E-state index contributed by atoms with van der Waals surface area (Å²) in [5.74, 6) is -0.832. The monoisotopic (exact) mass is 488 g/mol. The number of thioether (sulfide) groups is 1. The molecular weight excluding hydrogens is 462 g/mol. The molecule has 2 aliphatic heterocycles. The van der Waals surface area contributed by atoms with E-state index in [1.165, 1.54) is 16.7 Å². The van der Waals surface area contributed by atoms with Crippen molar-refractivity contribution >= 4 is 17.7 Å². The van der Waals surface area contributed by atoms with Crippen LogP contribution in [0.3, 0.4) is 0 Å². The number of nitrogens with two attached hydrogens (primary N) is 1. The molecule has 4 rings (SSSR count). The quantitative estimate of drug-likeness (QED) is 0.467. The molecule has 2 aliphatic rings. The lowest BCUT2D eigenvalue weighted by molar-refractivity contribution is -0.895. The highest BCUT2D eigenvalue weighted by molar-refractivity contribution is 7.99. The number of hydrogen-bond acceptors (Lipinski definition) is 8. The molecule has 2 aromatic rings. The van der Waals surface area contributed by atoms with Gasteiger partial charge in [0.25, 0.3) is 0 Å². The maximum Gasteiger partial charge on any atom is 0.338 e. The Morgan fingerprint density at radius 1 is 1.31 bits per heavy atom. The topological polar surface area (TPSA) is 126 Å². The van der Waals surface area contributed by atoms with E-state index >= 15 is 0 Å². The lowest BCUT2D eigenvalue weighted by Gasteiger charge is -2.28. The minimum absolute atomic E-state index is 0.0464. The third-order valence-corrected chi connectivity index (χ3v) is 7.01. The number of carbonyl (C=O) groups excluding carboxylic acids is 1. The molecule has 35 heavy (non-hydrogen) atoms. The first-order chi connectivity index (χ1) is 17.0. The molecule has 0 amide bonds. The second-order valence-electron chi connectivity index (χ2n) is 8.37. The smallest absolute Gasteiger partial charge is 0.338 e. The average molecular weight is 489 g/mol. The molecule has 178 valence electrons. The van der Waals surface area contributed by atoms with Crippen LogP contribution in [0, 0.1) is 22.7 Å². The molecule has 2 atom stereocenters. The number of benzene rings is 1. The fraction of sp³-hybridized carbons (Fsp3) is 0.308. The summed E-state index contributed by atoms with van der Waals surface area (Å²) in [6.07, 6.45) is 0.838. The van der Waals surface area contributed by atoms with Gasteiger partial charge in [0, 0.05) is 12.0 Å². The number of ether oxygens (including phenoxy) is 2. The van der Waals surface area contributed by atoms with Crippen molar-refractivity contribution in [2.75, 3.05) is 26.0 Å². The van der Waals surface area contributed by atoms with Crippen LogP contribution in [0.5, 0.6) is 0 Å². The number of allylic oxidation sites excluding steroid dienone is 1. The van der Waals surface area contributed by atoms with E-state index < -0.39 is 11.9 Å². The predicted molar refractivity (Wildman–Crippen MR) is 130 cm³/mol. The highest BCUT2D eigenvalue weighted by Gasteiger charge is 2.37. The van der Waals surface area contributed by atoms with E-state index in [0.29, 0.717) is 16.3 Å². The lowest BCUT2D eigenvalue weighted by Crippen LogP contribution is -3.08. The minimum Gasteiger partial charge on any atom is -0.463 e. The number of hydrogen-bond donors (Lipinski definition) is 2. The van der Waals surface area contributed by atoms with E-state index in [1.54, 1.807) is 6.92 Å². The number of pyridine rings is 1. The Labute approximate surface area is 208 Å². The van der Waals surface area contributed by atoms with Crippen LogP contribution in [0.1, 0.15) is 35.2 Å². The third kappa shape index (κ3) is 5.02. The van der Waals surface area contributed by atoms with Gasteiger partial charge in [0.1, 0.15) is 35.0 Å². The zero-order valence-corrected chi connectivity index (χ0v) is 20.4. The number of likely N-dealkylation sites (N-methyl/N-ethyl adjacent to an activating group) is 1. The van der Waals surface area contributed by atoms with Gasteiger partial charge in [0.05, 0.1) is 48.7 Å². The number of quaternary nitrogens is 1. The zero-order valence-electron chi connectivity index (χ0n) is 19.6. The van der Waals surface area contributed by atoms with Crippen LogP contribution >= 0.6 is 11.8 Å². The van der Waals surface area contributed by atoms with Gasteiger partial charge < -0.3 is 20.1 Å². The number of aromatic nitrogens is 1. The third-order valence-electron chi connectivity index (χ3n) is 6.02. The predicted octanol–water partition coefficient (Wildman–Crippen LogP) is 1.94. The Balaban J connectivity index is 1.73. The molecule has 9 heteroatoms. The Morgan fingerprint density at radius 2 is 2.09 bits per heavy atom. The molecule has 0 bridgehead atoms. The first kappa shape index (κ1) is 24.3. The highest BCUT2D eigenvalue weighted by atomic mass is 32.2. The summed E-state index contributed by atoms with van der Waals surface area (Å²) in [5.41, 5.74) is 9.83. The molecule has 0 aliphatic carbocycles. The van der Waals surface area contributed by atoms with E-state index in [0.717, 1.165) is 36.3 Å². The normalized spacial score (nSPS) is 19.3. The van der Waals surface area contributed by atoms with Gasteiger partial charge in [0.15, 0.2) is 0 Å². The molecule has 8 nitrogen and oxygen atoms in total. The van der Waals surface area contributed by atoms with Gasteiger partial charge in [0.2, 0.25) is 5.88 Å². The summed E-state index contributed by atoms with van der Waals surface area (Å²) in [6.45, 7) is 3.71. The molecular formula is C26H26N5O3S+. The summed E-state index contributed by atoms with van der Waals surface area (Å²) < 4.78 is 11.2. The zero-order chi connectivity index (χ0) is 24.9. The first-order valence-corrected chi connectivity index (χ1v) is 12.3. The van der Waals surface area contributed by atoms with Gasteiger partial charge in [-0.15, -0.1) is 0 Å². The second-order valence-corrected chi connectivity index (χ2v) is 9.34. The summed E-state index contributed by atoms with van der Waals surface area (Å²) >= 11 is 1.31. The van der Waals surface area contributed by atoms with E-state index in [4.69, 9.17) is 20.2 Å². The molecule has 0 radical (unpaired) electrons. The first-order valence-electron chi connectivity index (χ1n) is 11.4. The molecule has 1 aromatic carbocycles. The Kier molecular flexibility index (Phi) is 7.40. The number of carbonyl (C=O) groups is 1. The van der Waals surface area contributed by atoms with Crippen molar-refractivity contribution in [3.05, 3.63) is 81.6 Å². The van der Waals surface area contributed by atoms with Gasteiger partial charge in [-0.05, 0) is 18.6 Å². The van der Waals surface area contributed by atoms with Crippen LogP contribution in [0.25, 0.3) is 0 Å². The number of nitrogens with zero attached hydrogens (tertiary/aromatic N) is 3. The average Bonchev–Trinajstić information content (AvgIpc) is 2.87. The molecule has 1 unspecified atom stereocenters. The van der Waals surface area contributed by atoms with Gasteiger partial charge in [-0.1, -0.05) is 42.1 Å². The van der Waals surface area contributed by atoms with E-state index in [1.807, 2.05) is 36.4 Å². The lowest BCUT2D eigenvalue weighted by atomic mass is 9.83. The summed E-state index contributed by atoms with van der Waals surface area (Å²) in [7, 11) is 2.12. The molecule has 1 aromatic heterocycles. The Bertz CT molecular complexity index is 1290. The van der Waals surface area contributed by atoms with Crippen molar-refractivity contribution < 1.29 is 19.2 Å². The number of nitrogens with one attached hydrogen (secondary N) is 1. The van der Waals surface area contributed by atoms with Gasteiger partial charge in [-0.25, -0.2) is 9.78 Å². The number of rotatable bonds is 6. The molecule has 3 heterocycles. The minimum atomic E-state index is -0.713. The molecule has 0 saturated carbocycles. The molecule has 0 fully saturated rings. The van der Waals surface area contributed by atoms with Crippen LogP contribution in [0.2, 0.25) is 0 Å². The van der Waals surface area contributed by atoms with Crippen molar-refractivity contribution in [1.82, 2.24) is 4.98 Å². The van der Waals surface area contributed by atoms with Crippen LogP contribution in [0.4, 0.5) is 0 Å². The maximum atomic E-state index is 13.1. The second kappa shape index (κ2) is 10.6. The van der Waals surface area contributed by atoms with Crippen LogP contribution < -0.4 is 10.6 Å². The van der Waals surface area contributed by atoms with Crippen molar-refractivity contribution in [1.29, 1.82) is 10.5 Å². The number of fused-ring (bicyclic) bond motifs is 1.